The van der Waals surface area contributed by atoms with E-state index in [1.165, 1.54) is 14.2 Å². The third kappa shape index (κ3) is 3.08. The second-order valence-electron chi connectivity index (χ2n) is 6.27. The number of ketones is 1. The fourth-order valence-corrected chi connectivity index (χ4v) is 3.45. The number of fused-ring (bicyclic) bond motifs is 1. The van der Waals surface area contributed by atoms with Gasteiger partial charge in [0.1, 0.15) is 5.82 Å². The zero-order valence-corrected chi connectivity index (χ0v) is 14.9. The van der Waals surface area contributed by atoms with Crippen molar-refractivity contribution in [3.8, 4) is 11.5 Å². The number of aldehydes is 1. The van der Waals surface area contributed by atoms with Crippen molar-refractivity contribution in [2.24, 2.45) is 0 Å². The van der Waals surface area contributed by atoms with E-state index in [2.05, 4.69) is 10.3 Å². The molecule has 1 aliphatic rings. The van der Waals surface area contributed by atoms with Crippen molar-refractivity contribution in [3.63, 3.8) is 0 Å². The van der Waals surface area contributed by atoms with E-state index >= 15 is 0 Å². The Bertz CT molecular complexity index is 913. The molecule has 2 unspecified atom stereocenters. The molecule has 0 radical (unpaired) electrons. The van der Waals surface area contributed by atoms with E-state index in [-0.39, 0.29) is 11.6 Å². The van der Waals surface area contributed by atoms with Crippen molar-refractivity contribution < 1.29 is 19.1 Å². The fraction of sp³-hybridized carbons (Fsp3) is 0.444. The van der Waals surface area contributed by atoms with Crippen molar-refractivity contribution in [2.75, 3.05) is 20.8 Å². The Kier molecular flexibility index (Phi) is 5.03. The maximum atomic E-state index is 13.1. The van der Waals surface area contributed by atoms with Crippen LogP contribution in [0.2, 0.25) is 0 Å². The Balaban J connectivity index is 2.01. The van der Waals surface area contributed by atoms with Gasteiger partial charge in [0.15, 0.2) is 17.8 Å². The first kappa shape index (κ1) is 18.1. The van der Waals surface area contributed by atoms with Gasteiger partial charge in [0.05, 0.1) is 37.2 Å². The van der Waals surface area contributed by atoms with Gasteiger partial charge in [-0.25, -0.2) is 4.98 Å². The molecule has 2 heterocycles. The number of methoxy groups -OCH3 is 2. The topological polar surface area (TPSA) is 99.5 Å². The van der Waals surface area contributed by atoms with E-state index in [4.69, 9.17) is 9.47 Å². The van der Waals surface area contributed by atoms with Crippen LogP contribution in [0, 0.1) is 6.92 Å². The molecule has 1 fully saturated rings. The van der Waals surface area contributed by atoms with Gasteiger partial charge < -0.3 is 14.8 Å². The molecule has 1 saturated heterocycles. The average molecular weight is 359 g/mol. The van der Waals surface area contributed by atoms with E-state index in [0.717, 1.165) is 0 Å². The zero-order chi connectivity index (χ0) is 18.8. The highest BCUT2D eigenvalue weighted by atomic mass is 16.5. The van der Waals surface area contributed by atoms with Gasteiger partial charge in [-0.05, 0) is 25.8 Å². The lowest BCUT2D eigenvalue weighted by molar-refractivity contribution is -0.131. The number of carbonyl (C=O) groups is 2. The number of ether oxygens (including phenoxy) is 2. The van der Waals surface area contributed by atoms with Crippen LogP contribution in [0.15, 0.2) is 16.9 Å². The second kappa shape index (κ2) is 7.25. The minimum atomic E-state index is -0.475. The van der Waals surface area contributed by atoms with E-state index in [1.807, 2.05) is 0 Å². The Morgan fingerprint density at radius 2 is 1.96 bits per heavy atom. The molecule has 8 heteroatoms. The lowest BCUT2D eigenvalue weighted by Crippen LogP contribution is -2.47. The number of carbonyl (C=O) groups excluding carboxylic acids is 2. The number of benzene rings is 1. The van der Waals surface area contributed by atoms with Gasteiger partial charge >= 0.3 is 0 Å². The van der Waals surface area contributed by atoms with E-state index < -0.39 is 11.8 Å². The molecular weight excluding hydrogens is 338 g/mol. The maximum absolute atomic E-state index is 13.1. The Morgan fingerprint density at radius 3 is 2.54 bits per heavy atom. The van der Waals surface area contributed by atoms with Gasteiger partial charge in [-0.15, -0.1) is 0 Å². The first-order valence-electron chi connectivity index (χ1n) is 8.37. The lowest BCUT2D eigenvalue weighted by Gasteiger charge is -2.30. The standard InChI is InChI=1S/C18H21N3O5/c1-10-20-14-7-17(26-3)16(25-2)6-12(14)18(24)21(10)11-4-5-13(19-8-11)15(23)9-22/h6-7,9,11,13,19H,4-5,8H2,1-3H3. The molecule has 2 atom stereocenters. The minimum absolute atomic E-state index is 0.136. The molecule has 0 aliphatic carbocycles. The molecule has 138 valence electrons. The Labute approximate surface area is 150 Å². The summed E-state index contributed by atoms with van der Waals surface area (Å²) in [6.07, 6.45) is 1.45. The van der Waals surface area contributed by atoms with Crippen LogP contribution >= 0.6 is 0 Å². The summed E-state index contributed by atoms with van der Waals surface area (Å²) in [6.45, 7) is 2.20. The SMILES string of the molecule is COc1cc2nc(C)n(C3CCC(C(=O)C=O)NC3)c(=O)c2cc1OC. The highest BCUT2D eigenvalue weighted by Crippen LogP contribution is 2.30. The van der Waals surface area contributed by atoms with Crippen molar-refractivity contribution in [3.05, 3.63) is 28.3 Å². The molecule has 1 aliphatic heterocycles. The maximum Gasteiger partial charge on any atom is 0.261 e. The number of piperidine rings is 1. The van der Waals surface area contributed by atoms with Crippen LogP contribution in [0.5, 0.6) is 11.5 Å². The number of nitrogens with one attached hydrogen (secondary N) is 1. The average Bonchev–Trinajstić information content (AvgIpc) is 2.67. The Hall–Kier alpha value is -2.74. The van der Waals surface area contributed by atoms with Crippen LogP contribution in [0.25, 0.3) is 10.9 Å². The van der Waals surface area contributed by atoms with Gasteiger partial charge in [0.2, 0.25) is 5.78 Å². The quantitative estimate of drug-likeness (QED) is 0.622. The minimum Gasteiger partial charge on any atom is -0.493 e. The summed E-state index contributed by atoms with van der Waals surface area (Å²) >= 11 is 0. The monoisotopic (exact) mass is 359 g/mol. The summed E-state index contributed by atoms with van der Waals surface area (Å²) in [5.41, 5.74) is 0.375. The third-order valence-electron chi connectivity index (χ3n) is 4.80. The molecule has 1 N–H and O–H groups in total. The molecule has 0 saturated carbocycles. The van der Waals surface area contributed by atoms with Crippen LogP contribution in [0.3, 0.4) is 0 Å². The van der Waals surface area contributed by atoms with Crippen molar-refractivity contribution in [2.45, 2.75) is 31.8 Å². The van der Waals surface area contributed by atoms with Gasteiger partial charge in [-0.2, -0.15) is 0 Å². The summed E-state index contributed by atoms with van der Waals surface area (Å²) in [6, 6.07) is 2.71. The molecule has 0 amide bonds. The normalized spacial score (nSPS) is 20.0. The lowest BCUT2D eigenvalue weighted by atomic mass is 9.97. The van der Waals surface area contributed by atoms with E-state index in [9.17, 15) is 14.4 Å². The highest BCUT2D eigenvalue weighted by Gasteiger charge is 2.28. The van der Waals surface area contributed by atoms with Crippen LogP contribution in [0.1, 0.15) is 24.7 Å². The van der Waals surface area contributed by atoms with Gasteiger partial charge in [-0.1, -0.05) is 0 Å². The smallest absolute Gasteiger partial charge is 0.261 e. The molecule has 1 aromatic heterocycles. The number of hydrogen-bond donors (Lipinski definition) is 1. The van der Waals surface area contributed by atoms with E-state index in [0.29, 0.717) is 53.9 Å². The molecule has 26 heavy (non-hydrogen) atoms. The van der Waals surface area contributed by atoms with Gasteiger partial charge in [-0.3, -0.25) is 19.0 Å². The predicted octanol–water partition coefficient (Wildman–Crippen LogP) is 0.783. The third-order valence-corrected chi connectivity index (χ3v) is 4.80. The number of nitrogens with zero attached hydrogens (tertiary/aromatic N) is 2. The largest absolute Gasteiger partial charge is 0.493 e. The van der Waals surface area contributed by atoms with Gasteiger partial charge in [0, 0.05) is 12.6 Å². The summed E-state index contributed by atoms with van der Waals surface area (Å²) in [5, 5.41) is 3.49. The van der Waals surface area contributed by atoms with Crippen molar-refractivity contribution >= 4 is 23.0 Å². The molecule has 0 spiro atoms. The van der Waals surface area contributed by atoms with E-state index in [1.54, 1.807) is 23.6 Å². The van der Waals surface area contributed by atoms with Crippen LogP contribution in [-0.4, -0.2) is 48.4 Å². The van der Waals surface area contributed by atoms with Crippen LogP contribution in [0.4, 0.5) is 0 Å². The first-order chi connectivity index (χ1) is 12.5. The van der Waals surface area contributed by atoms with Crippen molar-refractivity contribution in [1.29, 1.82) is 0 Å². The predicted molar refractivity (Wildman–Crippen MR) is 95.0 cm³/mol. The Morgan fingerprint density at radius 1 is 1.27 bits per heavy atom. The number of hydrogen-bond acceptors (Lipinski definition) is 7. The molecule has 0 bridgehead atoms. The molecule has 1 aromatic carbocycles. The molecular formula is C18H21N3O5. The fourth-order valence-electron chi connectivity index (χ4n) is 3.45. The van der Waals surface area contributed by atoms with Crippen molar-refractivity contribution in [1.82, 2.24) is 14.9 Å². The van der Waals surface area contributed by atoms with Crippen LogP contribution < -0.4 is 20.3 Å². The highest BCUT2D eigenvalue weighted by molar-refractivity contribution is 6.27. The number of aromatic nitrogens is 2. The van der Waals surface area contributed by atoms with Crippen LogP contribution in [-0.2, 0) is 9.59 Å². The number of Topliss-reactive ketones (excluding diaryl/α,β-unsaturated/α-hetero) is 1. The zero-order valence-electron chi connectivity index (χ0n) is 14.9. The summed E-state index contributed by atoms with van der Waals surface area (Å²) in [5.74, 6) is 1.11. The number of rotatable bonds is 5. The summed E-state index contributed by atoms with van der Waals surface area (Å²) in [4.78, 5) is 39.8. The molecule has 8 nitrogen and oxygen atoms in total. The molecule has 3 rings (SSSR count). The number of aryl methyl sites for hydroxylation is 1. The summed E-state index contributed by atoms with van der Waals surface area (Å²) in [7, 11) is 3.04. The first-order valence-corrected chi connectivity index (χ1v) is 8.37. The second-order valence-corrected chi connectivity index (χ2v) is 6.27. The summed E-state index contributed by atoms with van der Waals surface area (Å²) < 4.78 is 12.2. The molecule has 2 aromatic rings. The van der Waals surface area contributed by atoms with Gasteiger partial charge in [0.25, 0.3) is 5.56 Å².